The molecule has 2 aromatic carbocycles. The standard InChI is InChI=1S/C24H27N3O.ClH/c1-2-7-18(8-3-1)23-22(9-6-11-25-23)26-17-20-16-21(27-12-4-5-13-27)15-19-10-14-28-24(19)20;/h1-5,7-8,12-13,15-16,22-23,25-26H,6,9-11,14,17H2;1H/t22-,23-;/m0./s1. The quantitative estimate of drug-likeness (QED) is 0.655. The van der Waals surface area contributed by atoms with Gasteiger partial charge in [0, 0.05) is 48.7 Å². The van der Waals surface area contributed by atoms with Crippen LogP contribution in [0.2, 0.25) is 0 Å². The number of aromatic nitrogens is 1. The van der Waals surface area contributed by atoms with Crippen molar-refractivity contribution in [3.8, 4) is 11.4 Å². The van der Waals surface area contributed by atoms with E-state index in [1.165, 1.54) is 35.2 Å². The van der Waals surface area contributed by atoms with E-state index in [0.29, 0.717) is 12.1 Å². The van der Waals surface area contributed by atoms with Crippen molar-refractivity contribution in [3.05, 3.63) is 83.7 Å². The Bertz CT molecular complexity index is 927. The predicted molar refractivity (Wildman–Crippen MR) is 119 cm³/mol. The number of hydrogen-bond acceptors (Lipinski definition) is 3. The van der Waals surface area contributed by atoms with E-state index < -0.39 is 0 Å². The molecule has 0 spiro atoms. The van der Waals surface area contributed by atoms with E-state index in [1.807, 2.05) is 0 Å². The largest absolute Gasteiger partial charge is 0.493 e. The second-order valence-corrected chi connectivity index (χ2v) is 7.75. The molecule has 3 heterocycles. The van der Waals surface area contributed by atoms with Crippen LogP contribution in [0.3, 0.4) is 0 Å². The zero-order valence-electron chi connectivity index (χ0n) is 16.5. The van der Waals surface area contributed by atoms with Gasteiger partial charge in [-0.1, -0.05) is 30.3 Å². The van der Waals surface area contributed by atoms with Crippen LogP contribution in [-0.2, 0) is 13.0 Å². The van der Waals surface area contributed by atoms with Crippen LogP contribution in [-0.4, -0.2) is 23.8 Å². The number of piperidine rings is 1. The van der Waals surface area contributed by atoms with Gasteiger partial charge in [-0.15, -0.1) is 12.4 Å². The molecule has 0 amide bonds. The average molecular weight is 410 g/mol. The third-order valence-electron chi connectivity index (χ3n) is 5.92. The lowest BCUT2D eigenvalue weighted by molar-refractivity contribution is 0.301. The maximum Gasteiger partial charge on any atom is 0.127 e. The highest BCUT2D eigenvalue weighted by atomic mass is 35.5. The molecule has 2 aliphatic heterocycles. The maximum atomic E-state index is 5.99. The van der Waals surface area contributed by atoms with Gasteiger partial charge < -0.3 is 19.9 Å². The van der Waals surface area contributed by atoms with Gasteiger partial charge >= 0.3 is 0 Å². The average Bonchev–Trinajstić information content (AvgIpc) is 3.44. The van der Waals surface area contributed by atoms with Crippen LogP contribution >= 0.6 is 12.4 Å². The van der Waals surface area contributed by atoms with E-state index in [0.717, 1.165) is 31.9 Å². The summed E-state index contributed by atoms with van der Waals surface area (Å²) in [6, 6.07) is 20.2. The van der Waals surface area contributed by atoms with Crippen LogP contribution in [0.25, 0.3) is 5.69 Å². The molecule has 0 unspecified atom stereocenters. The molecule has 2 atom stereocenters. The van der Waals surface area contributed by atoms with Gasteiger partial charge in [-0.2, -0.15) is 0 Å². The van der Waals surface area contributed by atoms with E-state index in [-0.39, 0.29) is 12.4 Å². The normalized spacial score (nSPS) is 20.6. The van der Waals surface area contributed by atoms with Crippen LogP contribution in [0.4, 0.5) is 0 Å². The Balaban J connectivity index is 0.00000205. The fourth-order valence-corrected chi connectivity index (χ4v) is 4.52. The van der Waals surface area contributed by atoms with Crippen LogP contribution in [0, 0.1) is 0 Å². The third-order valence-corrected chi connectivity index (χ3v) is 5.92. The molecule has 1 saturated heterocycles. The number of nitrogens with one attached hydrogen (secondary N) is 2. The first-order chi connectivity index (χ1) is 13.9. The van der Waals surface area contributed by atoms with E-state index in [2.05, 4.69) is 82.2 Å². The highest BCUT2D eigenvalue weighted by Gasteiger charge is 2.26. The molecule has 2 aliphatic rings. The molecule has 3 aromatic rings. The lowest BCUT2D eigenvalue weighted by Crippen LogP contribution is -2.45. The summed E-state index contributed by atoms with van der Waals surface area (Å²) >= 11 is 0. The molecule has 2 N–H and O–H groups in total. The summed E-state index contributed by atoms with van der Waals surface area (Å²) in [5.41, 5.74) is 5.16. The van der Waals surface area contributed by atoms with E-state index >= 15 is 0 Å². The van der Waals surface area contributed by atoms with Crippen molar-refractivity contribution in [2.24, 2.45) is 0 Å². The van der Waals surface area contributed by atoms with Crippen molar-refractivity contribution in [2.45, 2.75) is 37.9 Å². The molecule has 29 heavy (non-hydrogen) atoms. The Morgan fingerprint density at radius 3 is 2.72 bits per heavy atom. The third kappa shape index (κ3) is 4.20. The fraction of sp³-hybridized carbons (Fsp3) is 0.333. The molecule has 1 aromatic heterocycles. The van der Waals surface area contributed by atoms with Crippen molar-refractivity contribution >= 4 is 12.4 Å². The zero-order chi connectivity index (χ0) is 18.8. The molecule has 0 radical (unpaired) electrons. The Hall–Kier alpha value is -2.27. The summed E-state index contributed by atoms with van der Waals surface area (Å²) in [7, 11) is 0. The monoisotopic (exact) mass is 409 g/mol. The van der Waals surface area contributed by atoms with Gasteiger partial charge in [0.15, 0.2) is 0 Å². The molecule has 5 heteroatoms. The minimum absolute atomic E-state index is 0. The topological polar surface area (TPSA) is 38.2 Å². The minimum Gasteiger partial charge on any atom is -0.493 e. The summed E-state index contributed by atoms with van der Waals surface area (Å²) in [6.07, 6.45) is 7.59. The first kappa shape index (κ1) is 20.0. The fourth-order valence-electron chi connectivity index (χ4n) is 4.52. The Morgan fingerprint density at radius 1 is 1.07 bits per heavy atom. The van der Waals surface area contributed by atoms with Gasteiger partial charge in [0.25, 0.3) is 0 Å². The summed E-state index contributed by atoms with van der Waals surface area (Å²) in [5.74, 6) is 1.09. The van der Waals surface area contributed by atoms with Crippen molar-refractivity contribution in [1.82, 2.24) is 15.2 Å². The molecule has 4 nitrogen and oxygen atoms in total. The first-order valence-corrected chi connectivity index (χ1v) is 10.3. The SMILES string of the molecule is Cl.c1ccc([C@@H]2NCCC[C@@H]2NCc2cc(-n3cccc3)cc3c2OCC3)cc1. The Morgan fingerprint density at radius 2 is 1.90 bits per heavy atom. The van der Waals surface area contributed by atoms with Gasteiger partial charge in [-0.05, 0) is 54.8 Å². The van der Waals surface area contributed by atoms with Crippen molar-refractivity contribution < 1.29 is 4.74 Å². The molecule has 152 valence electrons. The minimum atomic E-state index is 0. The van der Waals surface area contributed by atoms with Crippen LogP contribution < -0.4 is 15.4 Å². The lowest BCUT2D eigenvalue weighted by Gasteiger charge is -2.34. The van der Waals surface area contributed by atoms with E-state index in [1.54, 1.807) is 0 Å². The zero-order valence-corrected chi connectivity index (χ0v) is 17.3. The van der Waals surface area contributed by atoms with Crippen LogP contribution in [0.1, 0.15) is 35.6 Å². The number of fused-ring (bicyclic) bond motifs is 1. The smallest absolute Gasteiger partial charge is 0.127 e. The van der Waals surface area contributed by atoms with Gasteiger partial charge in [0.2, 0.25) is 0 Å². The van der Waals surface area contributed by atoms with Gasteiger partial charge in [-0.3, -0.25) is 0 Å². The number of halogens is 1. The van der Waals surface area contributed by atoms with Crippen LogP contribution in [0.5, 0.6) is 5.75 Å². The van der Waals surface area contributed by atoms with E-state index in [9.17, 15) is 0 Å². The van der Waals surface area contributed by atoms with Crippen LogP contribution in [0.15, 0.2) is 67.0 Å². The number of rotatable bonds is 5. The molecular formula is C24H28ClN3O. The summed E-state index contributed by atoms with van der Waals surface area (Å²) < 4.78 is 8.17. The van der Waals surface area contributed by atoms with Crippen molar-refractivity contribution in [3.63, 3.8) is 0 Å². The van der Waals surface area contributed by atoms with Crippen molar-refractivity contribution in [1.29, 1.82) is 0 Å². The first-order valence-electron chi connectivity index (χ1n) is 10.3. The maximum absolute atomic E-state index is 5.99. The molecule has 1 fully saturated rings. The Kier molecular flexibility index (Phi) is 6.24. The molecule has 0 saturated carbocycles. The van der Waals surface area contributed by atoms with Crippen molar-refractivity contribution in [2.75, 3.05) is 13.2 Å². The summed E-state index contributed by atoms with van der Waals surface area (Å²) in [6.45, 7) is 2.70. The van der Waals surface area contributed by atoms with Gasteiger partial charge in [0.1, 0.15) is 5.75 Å². The Labute approximate surface area is 178 Å². The molecule has 0 bridgehead atoms. The number of benzene rings is 2. The van der Waals surface area contributed by atoms with Gasteiger partial charge in [-0.25, -0.2) is 0 Å². The number of nitrogens with zero attached hydrogens (tertiary/aromatic N) is 1. The van der Waals surface area contributed by atoms with E-state index in [4.69, 9.17) is 4.74 Å². The predicted octanol–water partition coefficient (Wildman–Crippen LogP) is 4.42. The van der Waals surface area contributed by atoms with Gasteiger partial charge in [0.05, 0.1) is 6.61 Å². The number of ether oxygens (including phenoxy) is 1. The lowest BCUT2D eigenvalue weighted by atomic mass is 9.92. The summed E-state index contributed by atoms with van der Waals surface area (Å²) in [4.78, 5) is 0. The highest BCUT2D eigenvalue weighted by molar-refractivity contribution is 5.85. The molecular weight excluding hydrogens is 382 g/mol. The second-order valence-electron chi connectivity index (χ2n) is 7.75. The molecule has 5 rings (SSSR count). The highest BCUT2D eigenvalue weighted by Crippen LogP contribution is 2.33. The molecule has 0 aliphatic carbocycles. The number of hydrogen-bond donors (Lipinski definition) is 2. The summed E-state index contributed by atoms with van der Waals surface area (Å²) in [5, 5.41) is 7.55. The second kappa shape index (κ2) is 9.04.